The molecular formula is C20H24F2N2. The fourth-order valence-electron chi connectivity index (χ4n) is 3.67. The van der Waals surface area contributed by atoms with Crippen molar-refractivity contribution in [2.45, 2.75) is 25.3 Å². The summed E-state index contributed by atoms with van der Waals surface area (Å²) < 4.78 is 26.1. The normalized spacial score (nSPS) is 17.8. The van der Waals surface area contributed by atoms with Gasteiger partial charge in [0, 0.05) is 6.54 Å². The second kappa shape index (κ2) is 7.86. The van der Waals surface area contributed by atoms with Crippen LogP contribution in [0.5, 0.6) is 0 Å². The third-order valence-corrected chi connectivity index (χ3v) is 5.07. The summed E-state index contributed by atoms with van der Waals surface area (Å²) in [4.78, 5) is 2.40. The van der Waals surface area contributed by atoms with Crippen molar-refractivity contribution < 1.29 is 8.78 Å². The standard InChI is InChI=1S/C20H24F2N2/c21-18-5-1-15(2-6-18)14-24-11-9-17(10-12-24)20(13-23)16-3-7-19(22)8-4-16/h1-8,17,20H,9-14,23H2. The van der Waals surface area contributed by atoms with Crippen molar-refractivity contribution in [2.24, 2.45) is 11.7 Å². The molecule has 1 aliphatic rings. The van der Waals surface area contributed by atoms with Crippen LogP contribution in [0, 0.1) is 17.6 Å². The predicted molar refractivity (Wildman–Crippen MR) is 92.6 cm³/mol. The van der Waals surface area contributed by atoms with Crippen molar-refractivity contribution in [2.75, 3.05) is 19.6 Å². The Bertz CT molecular complexity index is 632. The van der Waals surface area contributed by atoms with E-state index in [9.17, 15) is 8.78 Å². The third kappa shape index (κ3) is 4.19. The SMILES string of the molecule is NCC(c1ccc(F)cc1)C1CCN(Cc2ccc(F)cc2)CC1. The molecule has 24 heavy (non-hydrogen) atoms. The molecule has 2 aromatic carbocycles. The molecule has 1 atom stereocenters. The zero-order valence-electron chi connectivity index (χ0n) is 13.8. The molecule has 2 nitrogen and oxygen atoms in total. The molecule has 2 aromatic rings. The molecule has 1 aliphatic heterocycles. The summed E-state index contributed by atoms with van der Waals surface area (Å²) in [6.07, 6.45) is 2.17. The quantitative estimate of drug-likeness (QED) is 0.900. The van der Waals surface area contributed by atoms with Crippen molar-refractivity contribution in [1.29, 1.82) is 0 Å². The second-order valence-electron chi connectivity index (χ2n) is 6.63. The van der Waals surface area contributed by atoms with Crippen molar-refractivity contribution in [3.05, 3.63) is 71.3 Å². The molecule has 0 aromatic heterocycles. The molecule has 2 N–H and O–H groups in total. The van der Waals surface area contributed by atoms with Gasteiger partial charge in [0.2, 0.25) is 0 Å². The molecule has 0 radical (unpaired) electrons. The predicted octanol–water partition coefficient (Wildman–Crippen LogP) is 3.92. The average molecular weight is 330 g/mol. The van der Waals surface area contributed by atoms with Crippen LogP contribution in [0.3, 0.4) is 0 Å². The first-order chi connectivity index (χ1) is 11.7. The molecular weight excluding hydrogens is 306 g/mol. The lowest BCUT2D eigenvalue weighted by Crippen LogP contribution is -2.36. The van der Waals surface area contributed by atoms with Crippen LogP contribution in [0.1, 0.15) is 29.9 Å². The Morgan fingerprint density at radius 3 is 2.00 bits per heavy atom. The van der Waals surface area contributed by atoms with E-state index in [1.807, 2.05) is 24.3 Å². The molecule has 0 saturated carbocycles. The molecule has 1 saturated heterocycles. The van der Waals surface area contributed by atoms with Crippen LogP contribution in [0.15, 0.2) is 48.5 Å². The highest BCUT2D eigenvalue weighted by atomic mass is 19.1. The van der Waals surface area contributed by atoms with Gasteiger partial charge in [-0.3, -0.25) is 4.90 Å². The van der Waals surface area contributed by atoms with Gasteiger partial charge < -0.3 is 5.73 Å². The highest BCUT2D eigenvalue weighted by molar-refractivity contribution is 5.22. The van der Waals surface area contributed by atoms with E-state index >= 15 is 0 Å². The molecule has 0 bridgehead atoms. The zero-order chi connectivity index (χ0) is 16.9. The molecule has 1 fully saturated rings. The first-order valence-electron chi connectivity index (χ1n) is 8.58. The van der Waals surface area contributed by atoms with Crippen LogP contribution in [0.2, 0.25) is 0 Å². The molecule has 0 amide bonds. The summed E-state index contributed by atoms with van der Waals surface area (Å²) in [7, 11) is 0. The molecule has 3 rings (SSSR count). The first kappa shape index (κ1) is 17.1. The van der Waals surface area contributed by atoms with Gasteiger partial charge in [0.25, 0.3) is 0 Å². The van der Waals surface area contributed by atoms with Crippen LogP contribution in [0.25, 0.3) is 0 Å². The molecule has 4 heteroatoms. The summed E-state index contributed by atoms with van der Waals surface area (Å²) in [6.45, 7) is 3.48. The molecule has 1 unspecified atom stereocenters. The van der Waals surface area contributed by atoms with E-state index in [1.54, 1.807) is 0 Å². The number of benzene rings is 2. The van der Waals surface area contributed by atoms with Crippen LogP contribution in [0.4, 0.5) is 8.78 Å². The number of hydrogen-bond donors (Lipinski definition) is 1. The van der Waals surface area contributed by atoms with Gasteiger partial charge in [-0.05, 0) is 79.7 Å². The van der Waals surface area contributed by atoms with Gasteiger partial charge in [-0.15, -0.1) is 0 Å². The number of halogens is 2. The number of hydrogen-bond acceptors (Lipinski definition) is 2. The molecule has 1 heterocycles. The van der Waals surface area contributed by atoms with Gasteiger partial charge >= 0.3 is 0 Å². The summed E-state index contributed by atoms with van der Waals surface area (Å²) in [5.74, 6) is 0.426. The van der Waals surface area contributed by atoms with Gasteiger partial charge in [0.1, 0.15) is 11.6 Å². The summed E-state index contributed by atoms with van der Waals surface area (Å²) >= 11 is 0. The number of likely N-dealkylation sites (tertiary alicyclic amines) is 1. The lowest BCUT2D eigenvalue weighted by molar-refractivity contribution is 0.162. The molecule has 0 aliphatic carbocycles. The number of piperidine rings is 1. The number of rotatable bonds is 5. The van der Waals surface area contributed by atoms with E-state index in [2.05, 4.69) is 4.90 Å². The minimum atomic E-state index is -0.205. The maximum absolute atomic E-state index is 13.1. The Morgan fingerprint density at radius 2 is 1.46 bits per heavy atom. The van der Waals surface area contributed by atoms with Crippen LogP contribution >= 0.6 is 0 Å². The largest absolute Gasteiger partial charge is 0.330 e. The van der Waals surface area contributed by atoms with Crippen molar-refractivity contribution in [1.82, 2.24) is 4.90 Å². The van der Waals surface area contributed by atoms with Crippen molar-refractivity contribution >= 4 is 0 Å². The fraction of sp³-hybridized carbons (Fsp3) is 0.400. The monoisotopic (exact) mass is 330 g/mol. The minimum Gasteiger partial charge on any atom is -0.330 e. The first-order valence-corrected chi connectivity index (χ1v) is 8.58. The Balaban J connectivity index is 1.57. The average Bonchev–Trinajstić information content (AvgIpc) is 2.61. The maximum Gasteiger partial charge on any atom is 0.123 e. The number of nitrogens with zero attached hydrogens (tertiary/aromatic N) is 1. The van der Waals surface area contributed by atoms with Gasteiger partial charge in [-0.25, -0.2) is 8.78 Å². The maximum atomic E-state index is 13.1. The minimum absolute atomic E-state index is 0.192. The van der Waals surface area contributed by atoms with Crippen LogP contribution in [-0.2, 0) is 6.54 Å². The van der Waals surface area contributed by atoms with Crippen LogP contribution in [-0.4, -0.2) is 24.5 Å². The Labute approximate surface area is 142 Å². The highest BCUT2D eigenvalue weighted by Gasteiger charge is 2.26. The summed E-state index contributed by atoms with van der Waals surface area (Å²) in [5, 5.41) is 0. The molecule has 128 valence electrons. The smallest absolute Gasteiger partial charge is 0.123 e. The lowest BCUT2D eigenvalue weighted by atomic mass is 9.80. The van der Waals surface area contributed by atoms with E-state index in [4.69, 9.17) is 5.73 Å². The third-order valence-electron chi connectivity index (χ3n) is 5.07. The van der Waals surface area contributed by atoms with E-state index in [0.717, 1.165) is 43.6 Å². The second-order valence-corrected chi connectivity index (χ2v) is 6.63. The summed E-state index contributed by atoms with van der Waals surface area (Å²) in [6, 6.07) is 13.5. The van der Waals surface area contributed by atoms with Crippen LogP contribution < -0.4 is 5.73 Å². The number of nitrogens with two attached hydrogens (primary N) is 1. The highest BCUT2D eigenvalue weighted by Crippen LogP contribution is 2.32. The molecule has 0 spiro atoms. The van der Waals surface area contributed by atoms with Crippen molar-refractivity contribution in [3.63, 3.8) is 0 Å². The Morgan fingerprint density at radius 1 is 0.917 bits per heavy atom. The zero-order valence-corrected chi connectivity index (χ0v) is 13.8. The van der Waals surface area contributed by atoms with E-state index in [1.165, 1.54) is 24.3 Å². The Kier molecular flexibility index (Phi) is 5.59. The van der Waals surface area contributed by atoms with Gasteiger partial charge in [0.05, 0.1) is 0 Å². The van der Waals surface area contributed by atoms with Gasteiger partial charge in [-0.2, -0.15) is 0 Å². The van der Waals surface area contributed by atoms with Gasteiger partial charge in [-0.1, -0.05) is 24.3 Å². The van der Waals surface area contributed by atoms with Crippen molar-refractivity contribution in [3.8, 4) is 0 Å². The van der Waals surface area contributed by atoms with E-state index < -0.39 is 0 Å². The Hall–Kier alpha value is -1.78. The van der Waals surface area contributed by atoms with E-state index in [0.29, 0.717) is 18.4 Å². The summed E-state index contributed by atoms with van der Waals surface area (Å²) in [5.41, 5.74) is 8.28. The lowest BCUT2D eigenvalue weighted by Gasteiger charge is -2.36. The fourth-order valence-corrected chi connectivity index (χ4v) is 3.67. The van der Waals surface area contributed by atoms with E-state index in [-0.39, 0.29) is 11.6 Å². The van der Waals surface area contributed by atoms with Gasteiger partial charge in [0.15, 0.2) is 0 Å². The topological polar surface area (TPSA) is 29.3 Å².